The number of unbranched alkanes of at least 4 members (excludes halogenated alkanes) is 1. The average molecular weight is 1350 g/mol. The molecule has 95 heavy (non-hydrogen) atoms. The lowest BCUT2D eigenvalue weighted by molar-refractivity contribution is -0.144. The second-order valence-corrected chi connectivity index (χ2v) is 25.1. The number of nitrogens with zero attached hydrogens (tertiary/aromatic N) is 3. The number of likely N-dealkylation sites (tertiary alicyclic amines) is 2. The zero-order chi connectivity index (χ0) is 70.1. The van der Waals surface area contributed by atoms with Gasteiger partial charge in [-0.15, -0.1) is 0 Å². The summed E-state index contributed by atoms with van der Waals surface area (Å²) in [4.78, 5) is 185. The molecule has 0 radical (unpaired) electrons. The van der Waals surface area contributed by atoms with Crippen LogP contribution in [0.25, 0.3) is 0 Å². The predicted octanol–water partition coefficient (Wildman–Crippen LogP) is -3.71. The Hall–Kier alpha value is -8.91. The minimum atomic E-state index is -1.64. The van der Waals surface area contributed by atoms with Crippen LogP contribution in [-0.2, 0) is 75.2 Å². The van der Waals surface area contributed by atoms with Gasteiger partial charge in [-0.2, -0.15) is 11.8 Å². The standard InChI is InChI=1S/C63H98N18O13S/c1-37(2)33-45(57(89)74-41(53(68)85)27-32-95-3)73-52(84)36-72-54(86)46(34-38-15-6-4-7-16-38)78-58(90)47(35-39-17-8-5-9-18-39)79-56(88)42(23-25-50(66)82)75-55(87)43(24-26-51(67)83)76-59(91)49-22-14-31-81(49)62(94)44(20-10-11-28-64)77-60(92)48-21-13-30-80(48)61(93)40(65)19-12-29-71-63(69)70/h4-9,15-18,37,40-49H,10-14,19-36,64-65H2,1-3H3,(H2,66,82)(H2,67,83)(H2,68,85)(H,72,86)(H,73,84)(H,74,89)(H,75,87)(H,76,91)(H,77,92)(H,78,90)(H,79,88)(H4,69,70,71)/t40-,41+,42-,43+,44-,45-,46-,47-,48-,49+/m1/s1. The highest BCUT2D eigenvalue weighted by Gasteiger charge is 2.42. The van der Waals surface area contributed by atoms with Crippen LogP contribution in [0, 0.1) is 5.92 Å². The number of carbonyl (C=O) groups excluding carboxylic acids is 13. The second kappa shape index (κ2) is 41.0. The number of amides is 13. The molecule has 32 heteroatoms. The summed E-state index contributed by atoms with van der Waals surface area (Å²) in [5.41, 5.74) is 40.6. The molecule has 2 aromatic rings. The van der Waals surface area contributed by atoms with Gasteiger partial charge in [-0.05, 0) is 119 Å². The number of guanidine groups is 1. The maximum absolute atomic E-state index is 14.7. The van der Waals surface area contributed by atoms with Crippen LogP contribution in [0.3, 0.4) is 0 Å². The SMILES string of the molecule is CSCC[C@H](NC(=O)[C@@H](CC(C)C)NC(=O)CNC(=O)[C@@H](Cc1ccccc1)NC(=O)[C@@H](Cc1ccccc1)NC(=O)[C@@H](CCC(N)=O)NC(=O)[C@H](CCC(N)=O)NC(=O)[C@@H]1CCCN1C(=O)[C@@H](CCCCN)NC(=O)[C@H]1CCCN1C(=O)[C@H](N)CCCN=C(N)N)C(N)=O. The van der Waals surface area contributed by atoms with Crippen molar-refractivity contribution in [3.63, 3.8) is 0 Å². The number of nitrogens with one attached hydrogen (secondary N) is 8. The lowest BCUT2D eigenvalue weighted by atomic mass is 10.0. The van der Waals surface area contributed by atoms with E-state index in [0.29, 0.717) is 55.4 Å². The first-order valence-corrected chi connectivity index (χ1v) is 33.6. The zero-order valence-electron chi connectivity index (χ0n) is 54.5. The van der Waals surface area contributed by atoms with E-state index >= 15 is 0 Å². The lowest BCUT2D eigenvalue weighted by Crippen LogP contribution is -2.60. The maximum Gasteiger partial charge on any atom is 0.245 e. The number of primary amides is 3. The van der Waals surface area contributed by atoms with Crippen LogP contribution in [0.1, 0.15) is 121 Å². The van der Waals surface area contributed by atoms with Crippen molar-refractivity contribution in [2.45, 2.75) is 183 Å². The average Bonchev–Trinajstić information content (AvgIpc) is 1.74. The van der Waals surface area contributed by atoms with Crippen molar-refractivity contribution in [1.82, 2.24) is 52.3 Å². The summed E-state index contributed by atoms with van der Waals surface area (Å²) < 4.78 is 0. The highest BCUT2D eigenvalue weighted by molar-refractivity contribution is 7.98. The monoisotopic (exact) mass is 1350 g/mol. The van der Waals surface area contributed by atoms with Crippen LogP contribution < -0.4 is 82.7 Å². The smallest absolute Gasteiger partial charge is 0.245 e. The summed E-state index contributed by atoms with van der Waals surface area (Å²) in [5.74, 6) is -9.80. The number of benzene rings is 2. The Bertz CT molecular complexity index is 2960. The Labute approximate surface area is 558 Å². The molecule has 0 aromatic heterocycles. The van der Waals surface area contributed by atoms with Gasteiger partial charge >= 0.3 is 0 Å². The van der Waals surface area contributed by atoms with Crippen molar-refractivity contribution in [2.24, 2.45) is 51.0 Å². The Morgan fingerprint density at radius 2 is 1.01 bits per heavy atom. The molecule has 2 heterocycles. The number of rotatable bonds is 42. The Balaban J connectivity index is 1.56. The van der Waals surface area contributed by atoms with E-state index in [4.69, 9.17) is 40.1 Å². The molecule has 0 unspecified atom stereocenters. The van der Waals surface area contributed by atoms with Gasteiger partial charge in [0, 0.05) is 45.3 Å². The molecule has 0 spiro atoms. The third-order valence-electron chi connectivity index (χ3n) is 16.0. The van der Waals surface area contributed by atoms with Crippen molar-refractivity contribution in [1.29, 1.82) is 0 Å². The van der Waals surface area contributed by atoms with Gasteiger partial charge in [-0.1, -0.05) is 74.5 Å². The molecule has 0 bridgehead atoms. The highest BCUT2D eigenvalue weighted by atomic mass is 32.2. The molecule has 2 aliphatic rings. The van der Waals surface area contributed by atoms with Crippen molar-refractivity contribution in [2.75, 3.05) is 44.7 Å². The van der Waals surface area contributed by atoms with Gasteiger partial charge < -0.3 is 92.5 Å². The van der Waals surface area contributed by atoms with Crippen LogP contribution >= 0.6 is 11.8 Å². The minimum absolute atomic E-state index is 0.0736. The molecular weight excluding hydrogens is 1250 g/mol. The lowest BCUT2D eigenvalue weighted by Gasteiger charge is -2.32. The van der Waals surface area contributed by atoms with Crippen molar-refractivity contribution >= 4 is 94.5 Å². The Morgan fingerprint density at radius 3 is 1.51 bits per heavy atom. The van der Waals surface area contributed by atoms with E-state index in [1.165, 1.54) is 21.6 Å². The quantitative estimate of drug-likeness (QED) is 0.0173. The van der Waals surface area contributed by atoms with E-state index in [-0.39, 0.29) is 83.0 Å². The molecule has 2 aliphatic heterocycles. The first-order valence-electron chi connectivity index (χ1n) is 32.2. The van der Waals surface area contributed by atoms with Crippen molar-refractivity contribution < 1.29 is 62.3 Å². The van der Waals surface area contributed by atoms with Gasteiger partial charge in [0.1, 0.15) is 54.4 Å². The topological polar surface area (TPSA) is 519 Å². The summed E-state index contributed by atoms with van der Waals surface area (Å²) in [7, 11) is 0. The second-order valence-electron chi connectivity index (χ2n) is 24.1. The molecule has 2 saturated heterocycles. The number of carbonyl (C=O) groups is 13. The fourth-order valence-electron chi connectivity index (χ4n) is 11.0. The van der Waals surface area contributed by atoms with Gasteiger partial charge in [-0.25, -0.2) is 0 Å². The molecule has 0 aliphatic carbocycles. The first kappa shape index (κ1) is 78.5. The molecular formula is C63H98N18O13S. The van der Waals surface area contributed by atoms with Crippen LogP contribution in [0.2, 0.25) is 0 Å². The van der Waals surface area contributed by atoms with Gasteiger partial charge in [-0.3, -0.25) is 67.3 Å². The third kappa shape index (κ3) is 27.5. The number of hydrogen-bond acceptors (Lipinski definition) is 17. The molecule has 31 nitrogen and oxygen atoms in total. The molecule has 4 rings (SSSR count). The molecule has 10 atom stereocenters. The molecule has 0 saturated carbocycles. The number of aliphatic imine (C=N–C) groups is 1. The van der Waals surface area contributed by atoms with E-state index in [1.807, 2.05) is 20.1 Å². The summed E-state index contributed by atoms with van der Waals surface area (Å²) in [6.45, 7) is 3.86. The minimum Gasteiger partial charge on any atom is -0.370 e. The van der Waals surface area contributed by atoms with E-state index in [2.05, 4.69) is 47.5 Å². The van der Waals surface area contributed by atoms with Gasteiger partial charge in [0.15, 0.2) is 5.96 Å². The van der Waals surface area contributed by atoms with Crippen molar-refractivity contribution in [3.05, 3.63) is 71.8 Å². The molecule has 2 aromatic carbocycles. The molecule has 22 N–H and O–H groups in total. The van der Waals surface area contributed by atoms with Gasteiger partial charge in [0.2, 0.25) is 76.8 Å². The summed E-state index contributed by atoms with van der Waals surface area (Å²) in [6.07, 6.45) is 3.12. The number of hydrogen-bond donors (Lipinski definition) is 15. The zero-order valence-corrected chi connectivity index (χ0v) is 55.3. The fourth-order valence-corrected chi connectivity index (χ4v) is 11.5. The van der Waals surface area contributed by atoms with Crippen LogP contribution in [0.5, 0.6) is 0 Å². The van der Waals surface area contributed by atoms with Gasteiger partial charge in [0.05, 0.1) is 12.6 Å². The largest absolute Gasteiger partial charge is 0.370 e. The number of nitrogens with two attached hydrogens (primary N) is 7. The molecule has 2 fully saturated rings. The Kier molecular flexibility index (Phi) is 33.9. The maximum atomic E-state index is 14.7. The Morgan fingerprint density at radius 1 is 0.537 bits per heavy atom. The van der Waals surface area contributed by atoms with E-state index < -0.39 is 169 Å². The van der Waals surface area contributed by atoms with Gasteiger partial charge in [0.25, 0.3) is 0 Å². The first-order chi connectivity index (χ1) is 45.2. The summed E-state index contributed by atoms with van der Waals surface area (Å²) in [5, 5.41) is 21.1. The molecule has 13 amide bonds. The van der Waals surface area contributed by atoms with E-state index in [9.17, 15) is 62.3 Å². The van der Waals surface area contributed by atoms with Crippen molar-refractivity contribution in [3.8, 4) is 0 Å². The van der Waals surface area contributed by atoms with E-state index in [1.54, 1.807) is 60.7 Å². The number of thioether (sulfide) groups is 1. The normalized spacial score (nSPS) is 16.8. The highest BCUT2D eigenvalue weighted by Crippen LogP contribution is 2.24. The summed E-state index contributed by atoms with van der Waals surface area (Å²) >= 11 is 1.45. The van der Waals surface area contributed by atoms with Crippen LogP contribution in [-0.4, -0.2) is 198 Å². The molecule has 524 valence electrons. The van der Waals surface area contributed by atoms with Crippen LogP contribution in [0.4, 0.5) is 0 Å². The van der Waals surface area contributed by atoms with Crippen LogP contribution in [0.15, 0.2) is 65.7 Å². The third-order valence-corrected chi connectivity index (χ3v) is 16.7. The van der Waals surface area contributed by atoms with E-state index in [0.717, 1.165) is 0 Å². The summed E-state index contributed by atoms with van der Waals surface area (Å²) in [6, 6.07) is 4.51. The predicted molar refractivity (Wildman–Crippen MR) is 356 cm³/mol. The fraction of sp³-hybridized carbons (Fsp3) is 0.587.